The van der Waals surface area contributed by atoms with Crippen LogP contribution in [0.3, 0.4) is 0 Å². The fourth-order valence-electron chi connectivity index (χ4n) is 7.10. The minimum Gasteiger partial charge on any atom is -0.508 e. The highest BCUT2D eigenvalue weighted by Crippen LogP contribution is 2.31. The molecule has 0 unspecified atom stereocenters. The summed E-state index contributed by atoms with van der Waals surface area (Å²) in [7, 11) is 0. The maximum absolute atomic E-state index is 13.5. The molecule has 0 spiro atoms. The lowest BCUT2D eigenvalue weighted by Crippen LogP contribution is -2.14. The highest BCUT2D eigenvalue weighted by molar-refractivity contribution is 9.10. The molecule has 0 aliphatic heterocycles. The van der Waals surface area contributed by atoms with Crippen molar-refractivity contribution in [1.82, 2.24) is 0 Å². The molecule has 386 valence electrons. The van der Waals surface area contributed by atoms with E-state index in [-0.39, 0.29) is 74.4 Å². The van der Waals surface area contributed by atoms with Gasteiger partial charge in [0.05, 0.1) is 12.8 Å². The number of carbonyl (C=O) groups excluding carboxylic acids is 4. The molecule has 0 bridgehead atoms. The predicted octanol–water partition coefficient (Wildman–Crippen LogP) is 15.1. The fraction of sp³-hybridized carbons (Fsp3) is 0.258. The Morgan fingerprint density at radius 1 is 0.507 bits per heavy atom. The van der Waals surface area contributed by atoms with Crippen molar-refractivity contribution in [3.05, 3.63) is 206 Å². The number of hydrogen-bond donors (Lipinski definition) is 3. The molecule has 0 saturated carbocycles. The summed E-state index contributed by atoms with van der Waals surface area (Å²) in [6.45, 7) is 12.6. The maximum Gasteiger partial charge on any atom is 0.221 e. The molecule has 0 atom stereocenters. The van der Waals surface area contributed by atoms with Crippen LogP contribution >= 0.6 is 15.9 Å². The molecule has 0 heterocycles. The van der Waals surface area contributed by atoms with Crippen molar-refractivity contribution in [3.63, 3.8) is 0 Å². The van der Waals surface area contributed by atoms with Gasteiger partial charge in [0.2, 0.25) is 11.8 Å². The highest BCUT2D eigenvalue weighted by Gasteiger charge is 2.11. The third-order valence-electron chi connectivity index (χ3n) is 10.3. The maximum atomic E-state index is 13.5. The molecule has 0 saturated heterocycles. The Kier molecular flexibility index (Phi) is 24.2. The summed E-state index contributed by atoms with van der Waals surface area (Å²) < 4.78 is 73.1. The van der Waals surface area contributed by atoms with E-state index < -0.39 is 24.5 Å². The molecule has 11 heteroatoms. The Hall–Kier alpha value is -7.11. The molecule has 7 aromatic carbocycles. The van der Waals surface area contributed by atoms with Crippen LogP contribution < -0.4 is 11.5 Å². The van der Waals surface area contributed by atoms with Gasteiger partial charge in [0.1, 0.15) is 34.8 Å². The van der Waals surface area contributed by atoms with Gasteiger partial charge in [-0.25, -0.2) is 13.2 Å². The Morgan fingerprint density at radius 3 is 1.23 bits per heavy atom. The molecule has 73 heavy (non-hydrogen) atoms. The molecule has 7 rings (SSSR count). The van der Waals surface area contributed by atoms with Crippen LogP contribution in [0.4, 0.5) is 13.2 Å². The summed E-state index contributed by atoms with van der Waals surface area (Å²) in [4.78, 5) is 44.0. The summed E-state index contributed by atoms with van der Waals surface area (Å²) >= 11 is 3.37. The fourth-order valence-corrected chi connectivity index (χ4v) is 7.73. The van der Waals surface area contributed by atoms with E-state index in [4.69, 9.17) is 17.0 Å². The third kappa shape index (κ3) is 22.5. The molecule has 0 aliphatic carbocycles. The molecule has 0 fully saturated rings. The van der Waals surface area contributed by atoms with Gasteiger partial charge in [-0.05, 0) is 176 Å². The van der Waals surface area contributed by atoms with Gasteiger partial charge >= 0.3 is 0 Å². The van der Waals surface area contributed by atoms with Crippen LogP contribution in [0.2, 0.25) is 0 Å². The Bertz CT molecular complexity index is 2990. The summed E-state index contributed by atoms with van der Waals surface area (Å²) in [5.41, 5.74) is 21.0. The number of ketones is 2. The van der Waals surface area contributed by atoms with Crippen molar-refractivity contribution in [3.8, 4) is 39.1 Å². The van der Waals surface area contributed by atoms with Crippen LogP contribution in [0, 0.1) is 38.2 Å². The van der Waals surface area contributed by atoms with Crippen LogP contribution in [-0.4, -0.2) is 28.5 Å². The lowest BCUT2D eigenvalue weighted by Gasteiger charge is -2.11. The summed E-state index contributed by atoms with van der Waals surface area (Å²) in [5.74, 6) is -2.10. The number of phenolic OH excluding ortho intramolecular Hbond substituents is 1. The molecule has 0 aliphatic rings. The van der Waals surface area contributed by atoms with Crippen molar-refractivity contribution in [2.24, 2.45) is 11.5 Å². The van der Waals surface area contributed by atoms with Crippen molar-refractivity contribution < 1.29 is 42.9 Å². The second-order valence-electron chi connectivity index (χ2n) is 16.7. The Morgan fingerprint density at radius 2 is 0.849 bits per heavy atom. The van der Waals surface area contributed by atoms with E-state index in [0.29, 0.717) is 23.1 Å². The average molecular weight is 1060 g/mol. The van der Waals surface area contributed by atoms with E-state index >= 15 is 0 Å². The second-order valence-corrected chi connectivity index (χ2v) is 17.5. The van der Waals surface area contributed by atoms with Gasteiger partial charge in [0.25, 0.3) is 0 Å². The van der Waals surface area contributed by atoms with Gasteiger partial charge < -0.3 is 26.2 Å². The zero-order valence-corrected chi connectivity index (χ0v) is 43.4. The first-order valence-electron chi connectivity index (χ1n) is 25.3. The van der Waals surface area contributed by atoms with Crippen molar-refractivity contribution in [2.75, 3.05) is 0 Å². The van der Waals surface area contributed by atoms with Crippen molar-refractivity contribution in [2.45, 2.75) is 107 Å². The Balaban J connectivity index is 0.000000353. The number of aryl methyl sites for hydroxylation is 5. The van der Waals surface area contributed by atoms with Crippen LogP contribution in [-0.2, 0) is 44.9 Å². The van der Waals surface area contributed by atoms with Gasteiger partial charge in [-0.15, -0.1) is 0 Å². The first-order valence-corrected chi connectivity index (χ1v) is 24.1. The van der Waals surface area contributed by atoms with Crippen LogP contribution in [0.1, 0.15) is 105 Å². The van der Waals surface area contributed by atoms with E-state index in [9.17, 15) is 37.5 Å². The van der Waals surface area contributed by atoms with E-state index in [2.05, 4.69) is 15.9 Å². The smallest absolute Gasteiger partial charge is 0.221 e. The van der Waals surface area contributed by atoms with Gasteiger partial charge in [-0.2, -0.15) is 0 Å². The van der Waals surface area contributed by atoms with Crippen LogP contribution in [0.15, 0.2) is 150 Å². The number of carbonyl (C=O) groups is 4. The lowest BCUT2D eigenvalue weighted by molar-refractivity contribution is -0.118. The largest absolute Gasteiger partial charge is 0.508 e. The van der Waals surface area contributed by atoms with E-state index in [1.54, 1.807) is 30.3 Å². The van der Waals surface area contributed by atoms with Gasteiger partial charge in [-0.1, -0.05) is 139 Å². The molecule has 7 aromatic rings. The van der Waals surface area contributed by atoms with E-state index in [1.807, 2.05) is 101 Å². The zero-order valence-electron chi connectivity index (χ0n) is 45.8. The number of nitrogens with two attached hydrogens (primary N) is 2. The number of primary amides is 2. The second kappa shape index (κ2) is 32.1. The standard InChI is InChI=1S/C18H19FO.C17H17FO2.C15H14FNO.C9H10BrNO.C2H6.CH4/c1-13-9-10-15(6-3-5-14(2)20)18(11-13)16-7-4-8-17(19)12-16;1-12(19)4-2-5-13-8-9-16(20)11-17(13)14-6-3-7-15(18)10-14;1-10-5-6-12(9-15(17)18)14(7-10)11-3-2-4-13(16)8-11;1-6-2-3-7(5-9(11)12)8(10)4-6;1-2;/h4,7-12H,3,5-6H2,1-2H3;3,6-11,20H,2,4-5H2,1H3;2-8H,9H2,1H3,(H2,17,18);2-4H,5H2,1H3,(H2,11,12);1-2H3;1H4/i3D2;2D2;;;;. The zero-order chi connectivity index (χ0) is 56.9. The minimum absolute atomic E-state index is 0. The SMILES string of the molecule is C.CC.Cc1ccc(CC(N)=O)c(-c2cccc(F)c2)c1.Cc1ccc(CC(N)=O)c(Br)c1.[2H]C([2H])(CC(C)=O)Cc1ccc(C)cc1-c1cccc(F)c1.[2H]C([2H])(CC(C)=O)Cc1ccc(O)cc1-c1cccc(F)c1. The quantitative estimate of drug-likeness (QED) is 0.0938. The molecule has 2 amide bonds. The number of aromatic hydroxyl groups is 1. The number of benzene rings is 7. The van der Waals surface area contributed by atoms with Crippen molar-refractivity contribution in [1.29, 1.82) is 0 Å². The molecular formula is C62H70BrF3N2O5. The molecule has 7 nitrogen and oxygen atoms in total. The molecule has 0 radical (unpaired) electrons. The monoisotopic (exact) mass is 1060 g/mol. The summed E-state index contributed by atoms with van der Waals surface area (Å²) in [6, 6.07) is 40.3. The first-order chi connectivity index (χ1) is 35.7. The highest BCUT2D eigenvalue weighted by atomic mass is 79.9. The topological polar surface area (TPSA) is 141 Å². The predicted molar refractivity (Wildman–Crippen MR) is 297 cm³/mol. The Labute approximate surface area is 444 Å². The number of rotatable bonds is 15. The lowest BCUT2D eigenvalue weighted by atomic mass is 9.94. The number of amides is 2. The van der Waals surface area contributed by atoms with Gasteiger partial charge in [0.15, 0.2) is 0 Å². The summed E-state index contributed by atoms with van der Waals surface area (Å²) in [6.07, 6.45) is -3.02. The normalized spacial score (nSPS) is 11.2. The van der Waals surface area contributed by atoms with E-state index in [0.717, 1.165) is 60.1 Å². The summed E-state index contributed by atoms with van der Waals surface area (Å²) in [5, 5.41) is 9.67. The minimum atomic E-state index is -1.69. The number of Topliss-reactive ketones (excluding diaryl/α,β-unsaturated/α-hetero) is 2. The number of phenols is 1. The number of halogens is 4. The molecule has 5 N–H and O–H groups in total. The molecular weight excluding hydrogens is 990 g/mol. The van der Waals surface area contributed by atoms with Crippen LogP contribution in [0.5, 0.6) is 5.75 Å². The van der Waals surface area contributed by atoms with E-state index in [1.165, 1.54) is 62.4 Å². The van der Waals surface area contributed by atoms with Crippen LogP contribution in [0.25, 0.3) is 33.4 Å². The third-order valence-corrected chi connectivity index (χ3v) is 11.1. The number of hydrogen-bond acceptors (Lipinski definition) is 5. The molecule has 0 aromatic heterocycles. The first kappa shape index (κ1) is 55.2. The van der Waals surface area contributed by atoms with Crippen molar-refractivity contribution >= 4 is 39.3 Å². The van der Waals surface area contributed by atoms with Gasteiger partial charge in [-0.3, -0.25) is 9.59 Å². The average Bonchev–Trinajstić information content (AvgIpc) is 3.32. The van der Waals surface area contributed by atoms with Gasteiger partial charge in [0, 0.05) is 22.8 Å².